The highest BCUT2D eigenvalue weighted by Gasteiger charge is 2.23. The van der Waals surface area contributed by atoms with Gasteiger partial charge in [0.2, 0.25) is 0 Å². The molecule has 366 valence electrons. The van der Waals surface area contributed by atoms with Gasteiger partial charge in [0.15, 0.2) is 0 Å². The van der Waals surface area contributed by atoms with E-state index in [1.165, 1.54) is 12.4 Å². The van der Waals surface area contributed by atoms with Gasteiger partial charge in [-0.3, -0.25) is 20.0 Å². The first-order valence-electron chi connectivity index (χ1n) is 24.4. The number of fused-ring (bicyclic) bond motifs is 2. The summed E-state index contributed by atoms with van der Waals surface area (Å²) in [6, 6.07) is 41.2. The highest BCUT2D eigenvalue weighted by atomic mass is 16.3. The molecule has 0 saturated heterocycles. The van der Waals surface area contributed by atoms with Crippen LogP contribution < -0.4 is 20.4 Å². The second-order valence-corrected chi connectivity index (χ2v) is 22.7. The summed E-state index contributed by atoms with van der Waals surface area (Å²) >= 11 is 0. The van der Waals surface area contributed by atoms with E-state index >= 15 is 0 Å². The third-order valence-electron chi connectivity index (χ3n) is 13.0. The van der Waals surface area contributed by atoms with Crippen molar-refractivity contribution in [2.24, 2.45) is 20.0 Å². The van der Waals surface area contributed by atoms with Gasteiger partial charge >= 0.3 is 0 Å². The predicted octanol–water partition coefficient (Wildman–Crippen LogP) is 14.1. The van der Waals surface area contributed by atoms with Crippen LogP contribution in [0.4, 0.5) is 22.7 Å². The topological polar surface area (TPSA) is 142 Å². The van der Waals surface area contributed by atoms with Gasteiger partial charge in [0, 0.05) is 24.9 Å². The highest BCUT2D eigenvalue weighted by Crippen LogP contribution is 2.46. The molecule has 0 aliphatic carbocycles. The number of rotatable bonds is 9. The smallest absolute Gasteiger partial charge is 0.0886 e. The van der Waals surface area contributed by atoms with Crippen LogP contribution in [0.1, 0.15) is 128 Å². The molecular weight excluding hydrogens is 889 g/mol. The zero-order valence-electron chi connectivity index (χ0n) is 43.4. The van der Waals surface area contributed by atoms with Gasteiger partial charge in [-0.2, -0.15) is 0 Å². The van der Waals surface area contributed by atoms with Gasteiger partial charge in [0.1, 0.15) is 0 Å². The molecule has 0 radical (unpaired) electrons. The molecule has 0 aliphatic heterocycles. The van der Waals surface area contributed by atoms with Crippen LogP contribution in [0.5, 0.6) is 23.0 Å². The van der Waals surface area contributed by atoms with Gasteiger partial charge in [0.25, 0.3) is 0 Å². The zero-order chi connectivity index (χ0) is 51.9. The first kappa shape index (κ1) is 50.5. The number of aliphatic imine (C=N–C) groups is 4. The lowest BCUT2D eigenvalue weighted by molar-refractivity contribution is -0.270. The van der Waals surface area contributed by atoms with E-state index in [9.17, 15) is 20.4 Å². The van der Waals surface area contributed by atoms with Crippen molar-refractivity contribution in [2.45, 2.75) is 105 Å². The van der Waals surface area contributed by atoms with Crippen LogP contribution in [0.2, 0.25) is 0 Å². The Labute approximate surface area is 424 Å². The third-order valence-corrected chi connectivity index (χ3v) is 13.0. The first-order valence-corrected chi connectivity index (χ1v) is 24.4. The fourth-order valence-electron chi connectivity index (χ4n) is 8.78. The molecule has 0 heterocycles. The van der Waals surface area contributed by atoms with Gasteiger partial charge in [-0.25, -0.2) is 0 Å². The van der Waals surface area contributed by atoms with Crippen LogP contribution >= 0.6 is 0 Å². The summed E-state index contributed by atoms with van der Waals surface area (Å²) in [5.74, 6) is -0.852. The summed E-state index contributed by atoms with van der Waals surface area (Å²) in [4.78, 5) is 19.2. The molecule has 8 rings (SSSR count). The van der Waals surface area contributed by atoms with Gasteiger partial charge in [-0.15, -0.1) is 0 Å². The van der Waals surface area contributed by atoms with E-state index in [4.69, 9.17) is 20.0 Å². The van der Waals surface area contributed by atoms with Crippen molar-refractivity contribution in [2.75, 3.05) is 0 Å². The number of hydrogen-bond acceptors (Lipinski definition) is 8. The molecule has 0 N–H and O–H groups in total. The molecule has 8 heteroatoms. The lowest BCUT2D eigenvalue weighted by atomic mass is 9.79. The fourth-order valence-corrected chi connectivity index (χ4v) is 8.78. The molecule has 8 aromatic rings. The maximum absolute atomic E-state index is 15.0. The minimum atomic E-state index is -0.365. The molecule has 0 fully saturated rings. The molecular formula is C64H62N4O4-4. The van der Waals surface area contributed by atoms with Crippen LogP contribution in [-0.2, 0) is 21.7 Å². The molecule has 0 amide bonds. The molecule has 72 heavy (non-hydrogen) atoms. The Hall–Kier alpha value is -7.84. The Kier molecular flexibility index (Phi) is 13.6. The standard InChI is InChI=1S/C64H66N4O4/c1-61(2,3)45-31-43(57(69)49(33-45)63(7,8)9)37-67-53-27-19-17-25-51(53)65-35-41-29-39-21-13-15-23-47(39)55(59(41)71)56-48-24-16-14-22-40(48)30-42(60(56)72)36-66-52-26-18-20-28-54(52)68-38-44-32-46(62(4,5)6)34-50(58(44)70)64(10,11)12/h13-38,69-72H,1-12H3/p-4. The Morgan fingerprint density at radius 1 is 0.319 bits per heavy atom. The Bertz CT molecular complexity index is 3260. The Morgan fingerprint density at radius 2 is 0.597 bits per heavy atom. The summed E-state index contributed by atoms with van der Waals surface area (Å²) in [5.41, 5.74) is 6.55. The molecule has 0 bridgehead atoms. The van der Waals surface area contributed by atoms with Gasteiger partial charge in [0.05, 0.1) is 22.7 Å². The van der Waals surface area contributed by atoms with Crippen LogP contribution in [0.25, 0.3) is 32.7 Å². The molecule has 0 aliphatic rings. The van der Waals surface area contributed by atoms with Crippen LogP contribution in [-0.4, -0.2) is 24.9 Å². The van der Waals surface area contributed by atoms with Crippen LogP contribution in [0, 0.1) is 0 Å². The summed E-state index contributed by atoms with van der Waals surface area (Å²) in [6.07, 6.45) is 6.27. The van der Waals surface area contributed by atoms with E-state index in [0.29, 0.717) is 44.6 Å². The predicted molar refractivity (Wildman–Crippen MR) is 294 cm³/mol. The number of para-hydroxylation sites is 4. The molecule has 0 saturated carbocycles. The third kappa shape index (κ3) is 10.6. The number of benzene rings is 8. The van der Waals surface area contributed by atoms with Crippen LogP contribution in [0.3, 0.4) is 0 Å². The summed E-state index contributed by atoms with van der Waals surface area (Å²) in [5, 5.41) is 60.3. The maximum atomic E-state index is 15.0. The molecule has 0 spiro atoms. The van der Waals surface area contributed by atoms with Gasteiger partial charge in [-0.05, 0) is 135 Å². The molecule has 0 unspecified atom stereocenters. The molecule has 8 nitrogen and oxygen atoms in total. The zero-order valence-corrected chi connectivity index (χ0v) is 43.4. The minimum absolute atomic E-state index is 0.0670. The van der Waals surface area contributed by atoms with Crippen molar-refractivity contribution >= 4 is 69.2 Å². The van der Waals surface area contributed by atoms with E-state index in [1.54, 1.807) is 24.6 Å². The van der Waals surface area contributed by atoms with E-state index in [2.05, 4.69) is 41.5 Å². The van der Waals surface area contributed by atoms with E-state index < -0.39 is 0 Å². The van der Waals surface area contributed by atoms with Crippen molar-refractivity contribution in [1.29, 1.82) is 0 Å². The second-order valence-electron chi connectivity index (χ2n) is 22.7. The van der Waals surface area contributed by atoms with E-state index in [0.717, 1.165) is 33.0 Å². The van der Waals surface area contributed by atoms with E-state index in [1.807, 2.05) is 163 Å². The lowest BCUT2D eigenvalue weighted by Gasteiger charge is -2.31. The Balaban J connectivity index is 1.20. The Morgan fingerprint density at radius 3 is 0.889 bits per heavy atom. The fraction of sp³-hybridized carbons (Fsp3) is 0.250. The largest absolute Gasteiger partial charge is 0.872 e. The summed E-state index contributed by atoms with van der Waals surface area (Å²) < 4.78 is 0. The number of hydrogen-bond donors (Lipinski definition) is 0. The van der Waals surface area contributed by atoms with Crippen molar-refractivity contribution in [1.82, 2.24) is 0 Å². The summed E-state index contributed by atoms with van der Waals surface area (Å²) in [6.45, 7) is 25.0. The second kappa shape index (κ2) is 19.4. The average molecular weight is 951 g/mol. The normalized spacial score (nSPS) is 13.0. The summed E-state index contributed by atoms with van der Waals surface area (Å²) in [7, 11) is 0. The van der Waals surface area contributed by atoms with E-state index in [-0.39, 0.29) is 66.9 Å². The quantitative estimate of drug-likeness (QED) is 0.133. The first-order chi connectivity index (χ1) is 33.9. The molecule has 8 aromatic carbocycles. The molecule has 0 atom stereocenters. The average Bonchev–Trinajstić information content (AvgIpc) is 3.31. The monoisotopic (exact) mass is 950 g/mol. The van der Waals surface area contributed by atoms with Crippen LogP contribution in [0.15, 0.2) is 153 Å². The van der Waals surface area contributed by atoms with Crippen molar-refractivity contribution in [3.05, 3.63) is 178 Å². The highest BCUT2D eigenvalue weighted by molar-refractivity contribution is 6.14. The maximum Gasteiger partial charge on any atom is 0.0886 e. The number of nitrogens with zero attached hydrogens (tertiary/aromatic N) is 4. The van der Waals surface area contributed by atoms with Crippen molar-refractivity contribution in [3.63, 3.8) is 0 Å². The van der Waals surface area contributed by atoms with Gasteiger partial charge < -0.3 is 20.4 Å². The van der Waals surface area contributed by atoms with Gasteiger partial charge in [-0.1, -0.05) is 203 Å². The lowest BCUT2D eigenvalue weighted by Crippen LogP contribution is -2.20. The molecule has 0 aromatic heterocycles. The minimum Gasteiger partial charge on any atom is -0.872 e. The van der Waals surface area contributed by atoms with Crippen molar-refractivity contribution < 1.29 is 20.4 Å². The SMILES string of the molecule is CC(C)(C)c1cc(C=Nc2ccccc2N=Cc2cc3ccccc3c(-c3c([O-])c(C=Nc4ccccc4N=Cc4cc(C(C)(C)C)cc(C(C)(C)C)c4[O-])cc4ccccc34)c2[O-])c([O-])c(C(C)(C)C)c1. The van der Waals surface area contributed by atoms with Crippen molar-refractivity contribution in [3.8, 4) is 34.1 Å².